The summed E-state index contributed by atoms with van der Waals surface area (Å²) in [7, 11) is 6.86. The molecule has 2 heteroatoms. The zero-order chi connectivity index (χ0) is 14.3. The van der Waals surface area contributed by atoms with Gasteiger partial charge in [0.2, 0.25) is 0 Å². The molecule has 0 N–H and O–H groups in total. The van der Waals surface area contributed by atoms with Crippen LogP contribution >= 0.6 is 0 Å². The van der Waals surface area contributed by atoms with Gasteiger partial charge in [-0.15, -0.1) is 0 Å². The Hall–Kier alpha value is -0.370. The van der Waals surface area contributed by atoms with Crippen molar-refractivity contribution >= 4 is 6.79 Å². The van der Waals surface area contributed by atoms with E-state index in [4.69, 9.17) is 4.79 Å². The minimum atomic E-state index is 1.12. The number of quaternary nitrogens is 1. The van der Waals surface area contributed by atoms with Crippen LogP contribution in [0, 0.1) is 0 Å². The van der Waals surface area contributed by atoms with Crippen molar-refractivity contribution in [2.75, 3.05) is 27.7 Å². The van der Waals surface area contributed by atoms with Gasteiger partial charge in [0.25, 0.3) is 0 Å². The average molecular weight is 258 g/mol. The number of rotatable bonds is 11. The summed E-state index contributed by atoms with van der Waals surface area (Å²) in [5.74, 6) is 0. The molecule has 0 heterocycles. The Morgan fingerprint density at radius 2 is 1.00 bits per heavy atom. The number of unbranched alkanes of at least 4 members (excludes halogenated alkanes) is 9. The first-order valence-electron chi connectivity index (χ1n) is 7.65. The van der Waals surface area contributed by atoms with Gasteiger partial charge >= 0.3 is 0 Å². The Balaban J connectivity index is 0. The van der Waals surface area contributed by atoms with E-state index in [9.17, 15) is 0 Å². The molecule has 0 unspecified atom stereocenters. The molecule has 0 radical (unpaired) electrons. The van der Waals surface area contributed by atoms with E-state index in [1.807, 2.05) is 6.79 Å². The second kappa shape index (κ2) is 14.7. The molecule has 0 aliphatic carbocycles. The van der Waals surface area contributed by atoms with Crippen LogP contribution in [0.1, 0.15) is 71.1 Å². The first-order valence-corrected chi connectivity index (χ1v) is 7.65. The van der Waals surface area contributed by atoms with Crippen molar-refractivity contribution in [2.45, 2.75) is 71.1 Å². The predicted octanol–water partition coefficient (Wildman–Crippen LogP) is 4.43. The maximum atomic E-state index is 8.00. The highest BCUT2D eigenvalue weighted by atomic mass is 16.1. The molecule has 0 saturated carbocycles. The standard InChI is InChI=1S/C15H34N.CH2O/c1-5-6-7-8-9-10-11-12-13-14-15-16(2,3)4;1-2/h5-15H2,1-4H3;1H2/q+1;. The monoisotopic (exact) mass is 258 g/mol. The van der Waals surface area contributed by atoms with Gasteiger partial charge < -0.3 is 9.28 Å². The Morgan fingerprint density at radius 1 is 0.667 bits per heavy atom. The molecule has 0 bridgehead atoms. The van der Waals surface area contributed by atoms with Crippen molar-refractivity contribution < 1.29 is 9.28 Å². The van der Waals surface area contributed by atoms with Crippen LogP contribution in [0.3, 0.4) is 0 Å². The summed E-state index contributed by atoms with van der Waals surface area (Å²) in [5.41, 5.74) is 0. The number of carbonyl (C=O) groups excluding carboxylic acids is 1. The third-order valence-corrected chi connectivity index (χ3v) is 3.18. The number of carbonyl (C=O) groups is 1. The van der Waals surface area contributed by atoms with Crippen LogP contribution in [0.15, 0.2) is 0 Å². The molecule has 0 saturated heterocycles. The molecular weight excluding hydrogens is 222 g/mol. The van der Waals surface area contributed by atoms with E-state index in [2.05, 4.69) is 28.1 Å². The van der Waals surface area contributed by atoms with E-state index in [-0.39, 0.29) is 0 Å². The Morgan fingerprint density at radius 3 is 1.33 bits per heavy atom. The van der Waals surface area contributed by atoms with Crippen LogP contribution in [-0.2, 0) is 4.79 Å². The van der Waals surface area contributed by atoms with Gasteiger partial charge in [-0.25, -0.2) is 0 Å². The van der Waals surface area contributed by atoms with Gasteiger partial charge in [-0.05, 0) is 12.8 Å². The molecule has 0 aromatic heterocycles. The summed E-state index contributed by atoms with van der Waals surface area (Å²) in [5, 5.41) is 0. The second-order valence-electron chi connectivity index (χ2n) is 6.20. The molecular formula is C16H36NO+. The summed E-state index contributed by atoms with van der Waals surface area (Å²) in [6, 6.07) is 0. The van der Waals surface area contributed by atoms with Gasteiger partial charge in [-0.1, -0.05) is 58.3 Å². The fourth-order valence-corrected chi connectivity index (χ4v) is 2.07. The van der Waals surface area contributed by atoms with Crippen molar-refractivity contribution in [2.24, 2.45) is 0 Å². The van der Waals surface area contributed by atoms with E-state index < -0.39 is 0 Å². The van der Waals surface area contributed by atoms with Crippen LogP contribution in [0.5, 0.6) is 0 Å². The Bertz CT molecular complexity index is 152. The van der Waals surface area contributed by atoms with Crippen LogP contribution in [0.25, 0.3) is 0 Å². The summed E-state index contributed by atoms with van der Waals surface area (Å²) >= 11 is 0. The third kappa shape index (κ3) is 21.0. The van der Waals surface area contributed by atoms with Crippen LogP contribution in [0.4, 0.5) is 0 Å². The van der Waals surface area contributed by atoms with Gasteiger partial charge in [0.1, 0.15) is 6.79 Å². The zero-order valence-electron chi connectivity index (χ0n) is 13.3. The SMILES string of the molecule is C=O.CCCCCCCCCCCC[N+](C)(C)C. The highest BCUT2D eigenvalue weighted by Crippen LogP contribution is 2.10. The van der Waals surface area contributed by atoms with Crippen LogP contribution < -0.4 is 0 Å². The largest absolute Gasteiger partial charge is 0.331 e. The minimum Gasteiger partial charge on any atom is -0.331 e. The third-order valence-electron chi connectivity index (χ3n) is 3.18. The highest BCUT2D eigenvalue weighted by molar-refractivity contribution is 5.10. The molecule has 110 valence electrons. The lowest BCUT2D eigenvalue weighted by atomic mass is 10.1. The van der Waals surface area contributed by atoms with Crippen molar-refractivity contribution in [1.29, 1.82) is 0 Å². The van der Waals surface area contributed by atoms with E-state index in [0.717, 1.165) is 4.48 Å². The number of hydrogen-bond donors (Lipinski definition) is 0. The van der Waals surface area contributed by atoms with Gasteiger partial charge in [-0.3, -0.25) is 0 Å². The van der Waals surface area contributed by atoms with Gasteiger partial charge in [0.15, 0.2) is 0 Å². The topological polar surface area (TPSA) is 17.1 Å². The highest BCUT2D eigenvalue weighted by Gasteiger charge is 2.04. The first kappa shape index (κ1) is 20.0. The summed E-state index contributed by atoms with van der Waals surface area (Å²) < 4.78 is 1.12. The Labute approximate surface area is 115 Å². The van der Waals surface area contributed by atoms with Gasteiger partial charge in [0, 0.05) is 0 Å². The molecule has 0 fully saturated rings. The van der Waals surface area contributed by atoms with Crippen molar-refractivity contribution in [1.82, 2.24) is 0 Å². The molecule has 0 aliphatic heterocycles. The number of hydrogen-bond acceptors (Lipinski definition) is 1. The van der Waals surface area contributed by atoms with Crippen molar-refractivity contribution in [3.05, 3.63) is 0 Å². The molecule has 0 amide bonds. The van der Waals surface area contributed by atoms with E-state index >= 15 is 0 Å². The van der Waals surface area contributed by atoms with E-state index in [1.54, 1.807) is 0 Å². The zero-order valence-corrected chi connectivity index (χ0v) is 13.3. The average Bonchev–Trinajstić information content (AvgIpc) is 2.33. The lowest BCUT2D eigenvalue weighted by Gasteiger charge is -2.23. The van der Waals surface area contributed by atoms with Gasteiger partial charge in [-0.2, -0.15) is 0 Å². The van der Waals surface area contributed by atoms with Gasteiger partial charge in [0.05, 0.1) is 27.7 Å². The number of nitrogens with zero attached hydrogens (tertiary/aromatic N) is 1. The summed E-state index contributed by atoms with van der Waals surface area (Å²) in [6.45, 7) is 5.62. The molecule has 0 spiro atoms. The molecule has 0 aromatic rings. The summed E-state index contributed by atoms with van der Waals surface area (Å²) in [6.07, 6.45) is 14.4. The minimum absolute atomic E-state index is 1.12. The fourth-order valence-electron chi connectivity index (χ4n) is 2.07. The smallest absolute Gasteiger partial charge is 0.106 e. The fraction of sp³-hybridized carbons (Fsp3) is 0.938. The van der Waals surface area contributed by atoms with Crippen molar-refractivity contribution in [3.8, 4) is 0 Å². The lowest BCUT2D eigenvalue weighted by Crippen LogP contribution is -2.35. The quantitative estimate of drug-likeness (QED) is 0.396. The lowest BCUT2D eigenvalue weighted by molar-refractivity contribution is -0.870. The molecule has 0 aliphatic rings. The van der Waals surface area contributed by atoms with E-state index in [0.29, 0.717) is 0 Å². The van der Waals surface area contributed by atoms with Crippen molar-refractivity contribution in [3.63, 3.8) is 0 Å². The van der Waals surface area contributed by atoms with Crippen LogP contribution in [0.2, 0.25) is 0 Å². The molecule has 0 atom stereocenters. The maximum absolute atomic E-state index is 8.00. The molecule has 2 nitrogen and oxygen atoms in total. The normalized spacial score (nSPS) is 10.9. The second-order valence-corrected chi connectivity index (χ2v) is 6.20. The molecule has 0 aromatic carbocycles. The molecule has 0 rings (SSSR count). The van der Waals surface area contributed by atoms with E-state index in [1.165, 1.54) is 70.8 Å². The Kier molecular flexibility index (Phi) is 16.3. The first-order chi connectivity index (χ1) is 8.56. The summed E-state index contributed by atoms with van der Waals surface area (Å²) in [4.78, 5) is 8.00. The maximum Gasteiger partial charge on any atom is 0.106 e. The van der Waals surface area contributed by atoms with Crippen LogP contribution in [-0.4, -0.2) is 39.0 Å². The predicted molar refractivity (Wildman–Crippen MR) is 81.9 cm³/mol. The molecule has 18 heavy (non-hydrogen) atoms.